The third-order valence-corrected chi connectivity index (χ3v) is 5.90. The zero-order valence-corrected chi connectivity index (χ0v) is 16.2. The molecule has 2 aliphatic rings. The molecule has 0 radical (unpaired) electrons. The van der Waals surface area contributed by atoms with Gasteiger partial charge in [-0.25, -0.2) is 0 Å². The number of aliphatic hydroxyl groups excluding tert-OH is 1. The van der Waals surface area contributed by atoms with Crippen LogP contribution in [0.3, 0.4) is 0 Å². The molecular weight excluding hydrogens is 380 g/mol. The molecule has 3 atom stereocenters. The smallest absolute Gasteiger partial charge is 0.198 e. The van der Waals surface area contributed by atoms with Crippen molar-refractivity contribution < 1.29 is 14.6 Å². The molecule has 0 aromatic heterocycles. The highest BCUT2D eigenvalue weighted by Crippen LogP contribution is 2.46. The number of halogens is 1. The first kappa shape index (κ1) is 17.2. The molecule has 1 fully saturated rings. The molecule has 2 aromatic rings. The molecule has 4 heteroatoms. The number of aliphatic hydroxyl groups is 1. The molecular formula is C21H23BrO3. The topological polar surface area (TPSA) is 38.7 Å². The van der Waals surface area contributed by atoms with Gasteiger partial charge in [-0.3, -0.25) is 0 Å². The molecule has 0 bridgehead atoms. The Morgan fingerprint density at radius 2 is 2.00 bits per heavy atom. The van der Waals surface area contributed by atoms with Crippen LogP contribution in [0.2, 0.25) is 0 Å². The number of hydrogen-bond acceptors (Lipinski definition) is 3. The van der Waals surface area contributed by atoms with Crippen LogP contribution in [0, 0.1) is 6.92 Å². The van der Waals surface area contributed by atoms with E-state index in [0.29, 0.717) is 19.4 Å². The van der Waals surface area contributed by atoms with Gasteiger partial charge >= 0.3 is 0 Å². The molecule has 0 saturated carbocycles. The maximum atomic E-state index is 10.2. The first-order valence-electron chi connectivity index (χ1n) is 8.82. The van der Waals surface area contributed by atoms with Crippen molar-refractivity contribution in [2.24, 2.45) is 0 Å². The summed E-state index contributed by atoms with van der Waals surface area (Å²) in [4.78, 5) is 0. The normalized spacial score (nSPS) is 28.3. The van der Waals surface area contributed by atoms with Gasteiger partial charge in [-0.05, 0) is 55.5 Å². The predicted molar refractivity (Wildman–Crippen MR) is 100 cm³/mol. The van der Waals surface area contributed by atoms with E-state index in [2.05, 4.69) is 59.3 Å². The van der Waals surface area contributed by atoms with E-state index in [1.54, 1.807) is 0 Å². The quantitative estimate of drug-likeness (QED) is 0.797. The minimum absolute atomic E-state index is 0.0149. The molecule has 2 aromatic carbocycles. The lowest BCUT2D eigenvalue weighted by Gasteiger charge is -2.39. The zero-order chi connectivity index (χ0) is 17.6. The summed E-state index contributed by atoms with van der Waals surface area (Å²) in [6, 6.07) is 13.0. The zero-order valence-electron chi connectivity index (χ0n) is 14.6. The second-order valence-electron chi connectivity index (χ2n) is 7.33. The van der Waals surface area contributed by atoms with Gasteiger partial charge in [0.15, 0.2) is 5.79 Å². The molecule has 3 nitrogen and oxygen atoms in total. The van der Waals surface area contributed by atoms with Gasteiger partial charge in [0.05, 0.1) is 18.8 Å². The second kappa shape index (κ2) is 6.51. The van der Waals surface area contributed by atoms with Crippen LogP contribution in [0.4, 0.5) is 0 Å². The van der Waals surface area contributed by atoms with Crippen LogP contribution in [0.5, 0.6) is 0 Å². The molecule has 1 saturated heterocycles. The Kier molecular flexibility index (Phi) is 4.49. The highest BCUT2D eigenvalue weighted by molar-refractivity contribution is 9.10. The summed E-state index contributed by atoms with van der Waals surface area (Å²) in [7, 11) is 0. The van der Waals surface area contributed by atoms with Gasteiger partial charge < -0.3 is 14.6 Å². The molecule has 2 aliphatic heterocycles. The van der Waals surface area contributed by atoms with Crippen LogP contribution in [-0.2, 0) is 28.3 Å². The number of aryl methyl sites for hydroxylation is 1. The Morgan fingerprint density at radius 1 is 1.24 bits per heavy atom. The summed E-state index contributed by atoms with van der Waals surface area (Å²) in [6.45, 7) is 4.62. The second-order valence-corrected chi connectivity index (χ2v) is 8.18. The Bertz CT molecular complexity index is 774. The Hall–Kier alpha value is -1.20. The molecule has 25 heavy (non-hydrogen) atoms. The monoisotopic (exact) mass is 402 g/mol. The Labute approximate surface area is 157 Å². The van der Waals surface area contributed by atoms with E-state index >= 15 is 0 Å². The van der Waals surface area contributed by atoms with Gasteiger partial charge in [-0.1, -0.05) is 45.8 Å². The van der Waals surface area contributed by atoms with E-state index in [1.165, 1.54) is 16.7 Å². The summed E-state index contributed by atoms with van der Waals surface area (Å²) in [5.41, 5.74) is 5.97. The molecule has 0 amide bonds. The van der Waals surface area contributed by atoms with Gasteiger partial charge in [0.25, 0.3) is 0 Å². The minimum atomic E-state index is -0.796. The number of rotatable bonds is 2. The molecule has 1 spiro atoms. The fraction of sp³-hybridized carbons (Fsp3) is 0.429. The highest BCUT2D eigenvalue weighted by Gasteiger charge is 2.47. The lowest BCUT2D eigenvalue weighted by Crippen LogP contribution is -2.43. The van der Waals surface area contributed by atoms with Crippen LogP contribution in [-0.4, -0.2) is 17.3 Å². The summed E-state index contributed by atoms with van der Waals surface area (Å²) in [5, 5.41) is 10.2. The molecule has 132 valence electrons. The van der Waals surface area contributed by atoms with Crippen molar-refractivity contribution in [3.63, 3.8) is 0 Å². The third kappa shape index (κ3) is 3.28. The van der Waals surface area contributed by atoms with E-state index in [-0.39, 0.29) is 12.2 Å². The average Bonchev–Trinajstić information content (AvgIpc) is 2.86. The highest BCUT2D eigenvalue weighted by atomic mass is 79.9. The standard InChI is InChI=1S/C21H23BrO3/c1-13-3-5-15(6-4-13)8-16-9-19-17(10-20(16)22)12-24-21(19)11-18(23)7-14(2)25-21/h3-6,9-10,14,18,23H,7-8,11-12H2,1-2H3/t14?,18?,21-/m1/s1. The van der Waals surface area contributed by atoms with Crippen molar-refractivity contribution in [1.29, 1.82) is 0 Å². The van der Waals surface area contributed by atoms with Gasteiger partial charge in [-0.15, -0.1) is 0 Å². The van der Waals surface area contributed by atoms with Crippen molar-refractivity contribution in [3.05, 3.63) is 68.7 Å². The van der Waals surface area contributed by atoms with E-state index in [9.17, 15) is 5.11 Å². The van der Waals surface area contributed by atoms with Gasteiger partial charge in [0.1, 0.15) is 0 Å². The largest absolute Gasteiger partial charge is 0.393 e. The predicted octanol–water partition coefficient (Wildman–Crippen LogP) is 4.59. The van der Waals surface area contributed by atoms with Crippen molar-refractivity contribution >= 4 is 15.9 Å². The number of benzene rings is 2. The van der Waals surface area contributed by atoms with E-state index in [1.807, 2.05) is 6.92 Å². The fourth-order valence-corrected chi connectivity index (χ4v) is 4.46. The number of fused-ring (bicyclic) bond motifs is 2. The SMILES string of the molecule is Cc1ccc(Cc2cc3c(cc2Br)CO[C@@]32CC(O)CC(C)O2)cc1. The van der Waals surface area contributed by atoms with E-state index in [0.717, 1.165) is 22.0 Å². The van der Waals surface area contributed by atoms with Crippen LogP contribution in [0.25, 0.3) is 0 Å². The molecule has 1 N–H and O–H groups in total. The molecule has 4 rings (SSSR count). The molecule has 2 unspecified atom stereocenters. The van der Waals surface area contributed by atoms with Gasteiger partial charge in [0, 0.05) is 16.5 Å². The summed E-state index contributed by atoms with van der Waals surface area (Å²) < 4.78 is 13.4. The fourth-order valence-electron chi connectivity index (χ4n) is 3.93. The lowest BCUT2D eigenvalue weighted by atomic mass is 9.90. The van der Waals surface area contributed by atoms with Crippen LogP contribution < -0.4 is 0 Å². The minimum Gasteiger partial charge on any atom is -0.393 e. The summed E-state index contributed by atoms with van der Waals surface area (Å²) >= 11 is 3.71. The lowest BCUT2D eigenvalue weighted by molar-refractivity contribution is -0.295. The molecule has 0 aliphatic carbocycles. The maximum Gasteiger partial charge on any atom is 0.198 e. The number of ether oxygens (including phenoxy) is 2. The van der Waals surface area contributed by atoms with Crippen molar-refractivity contribution in [2.75, 3.05) is 0 Å². The Balaban J connectivity index is 1.70. The maximum absolute atomic E-state index is 10.2. The first-order chi connectivity index (χ1) is 11.9. The van der Waals surface area contributed by atoms with Crippen molar-refractivity contribution in [1.82, 2.24) is 0 Å². The van der Waals surface area contributed by atoms with Crippen molar-refractivity contribution in [2.45, 2.75) is 57.7 Å². The first-order valence-corrected chi connectivity index (χ1v) is 9.62. The van der Waals surface area contributed by atoms with E-state index in [4.69, 9.17) is 9.47 Å². The molecule has 2 heterocycles. The van der Waals surface area contributed by atoms with E-state index < -0.39 is 5.79 Å². The van der Waals surface area contributed by atoms with Crippen LogP contribution in [0.1, 0.15) is 47.6 Å². The van der Waals surface area contributed by atoms with Gasteiger partial charge in [0.2, 0.25) is 0 Å². The van der Waals surface area contributed by atoms with Gasteiger partial charge in [-0.2, -0.15) is 0 Å². The Morgan fingerprint density at radius 3 is 2.72 bits per heavy atom. The summed E-state index contributed by atoms with van der Waals surface area (Å²) in [5.74, 6) is -0.796. The van der Waals surface area contributed by atoms with Crippen LogP contribution in [0.15, 0.2) is 40.9 Å². The van der Waals surface area contributed by atoms with Crippen LogP contribution >= 0.6 is 15.9 Å². The average molecular weight is 403 g/mol. The summed E-state index contributed by atoms with van der Waals surface area (Å²) in [6.07, 6.45) is 1.60. The third-order valence-electron chi connectivity index (χ3n) is 5.16. The number of hydrogen-bond donors (Lipinski definition) is 1. The van der Waals surface area contributed by atoms with Crippen molar-refractivity contribution in [3.8, 4) is 0 Å².